The van der Waals surface area contributed by atoms with Gasteiger partial charge in [0.2, 0.25) is 0 Å². The fourth-order valence-electron chi connectivity index (χ4n) is 3.77. The molecule has 4 rings (SSSR count). The Labute approximate surface area is 190 Å². The molecule has 166 valence electrons. The number of hydrogen-bond donors (Lipinski definition) is 1. The highest BCUT2D eigenvalue weighted by Gasteiger charge is 2.46. The third-order valence-electron chi connectivity index (χ3n) is 5.30. The summed E-state index contributed by atoms with van der Waals surface area (Å²) in [6.07, 6.45) is 4.77. The van der Waals surface area contributed by atoms with Gasteiger partial charge < -0.3 is 14.7 Å². The van der Waals surface area contributed by atoms with Gasteiger partial charge >= 0.3 is 0 Å². The van der Waals surface area contributed by atoms with E-state index in [-0.39, 0.29) is 17.9 Å². The van der Waals surface area contributed by atoms with Gasteiger partial charge in [0.05, 0.1) is 11.6 Å². The van der Waals surface area contributed by atoms with Crippen LogP contribution in [-0.2, 0) is 16.1 Å². The summed E-state index contributed by atoms with van der Waals surface area (Å²) in [7, 11) is 0. The highest BCUT2D eigenvalue weighted by molar-refractivity contribution is 6.46. The maximum atomic E-state index is 14.1. The molecule has 0 radical (unpaired) electrons. The number of rotatable bonds is 7. The van der Waals surface area contributed by atoms with Crippen LogP contribution in [0.1, 0.15) is 22.7 Å². The lowest BCUT2D eigenvalue weighted by molar-refractivity contribution is -0.140. The monoisotopic (exact) mass is 444 g/mol. The van der Waals surface area contributed by atoms with Gasteiger partial charge in [0.1, 0.15) is 23.9 Å². The van der Waals surface area contributed by atoms with Gasteiger partial charge in [-0.3, -0.25) is 14.6 Å². The van der Waals surface area contributed by atoms with Crippen molar-refractivity contribution in [3.8, 4) is 5.75 Å². The van der Waals surface area contributed by atoms with Gasteiger partial charge in [-0.1, -0.05) is 24.8 Å². The molecule has 33 heavy (non-hydrogen) atoms. The van der Waals surface area contributed by atoms with Gasteiger partial charge in [-0.25, -0.2) is 4.39 Å². The van der Waals surface area contributed by atoms with Crippen molar-refractivity contribution >= 4 is 17.4 Å². The molecule has 0 aliphatic carbocycles. The second-order valence-corrected chi connectivity index (χ2v) is 7.46. The second-order valence-electron chi connectivity index (χ2n) is 7.46. The predicted molar refractivity (Wildman–Crippen MR) is 121 cm³/mol. The Kier molecular flexibility index (Phi) is 6.31. The van der Waals surface area contributed by atoms with Crippen molar-refractivity contribution in [2.75, 3.05) is 6.61 Å². The molecule has 3 aromatic rings. The Morgan fingerprint density at radius 2 is 1.85 bits per heavy atom. The summed E-state index contributed by atoms with van der Waals surface area (Å²) in [6, 6.07) is 14.6. The molecule has 1 aliphatic heterocycles. The Hall–Kier alpha value is -4.26. The first kappa shape index (κ1) is 22.0. The normalized spacial score (nSPS) is 17.2. The summed E-state index contributed by atoms with van der Waals surface area (Å²) < 4.78 is 19.5. The summed E-state index contributed by atoms with van der Waals surface area (Å²) in [5.74, 6) is -1.89. The SMILES string of the molecule is C=CCOc1ccc(/C(O)=C2/C(=O)C(=O)N(Cc3ccncc3)C2c2cccc(F)c2)cc1. The number of aromatic nitrogens is 1. The smallest absolute Gasteiger partial charge is 0.295 e. The summed E-state index contributed by atoms with van der Waals surface area (Å²) in [6.45, 7) is 4.01. The number of aliphatic hydroxyl groups excluding tert-OH is 1. The summed E-state index contributed by atoms with van der Waals surface area (Å²) in [4.78, 5) is 31.3. The van der Waals surface area contributed by atoms with E-state index in [2.05, 4.69) is 11.6 Å². The Bertz CT molecular complexity index is 1220. The number of pyridine rings is 1. The van der Waals surface area contributed by atoms with Gasteiger partial charge in [-0.15, -0.1) is 0 Å². The van der Waals surface area contributed by atoms with E-state index in [1.807, 2.05) is 0 Å². The lowest BCUT2D eigenvalue weighted by atomic mass is 9.95. The summed E-state index contributed by atoms with van der Waals surface area (Å²) >= 11 is 0. The maximum absolute atomic E-state index is 14.1. The van der Waals surface area contributed by atoms with Crippen LogP contribution in [0.4, 0.5) is 4.39 Å². The third kappa shape index (κ3) is 4.52. The van der Waals surface area contributed by atoms with E-state index in [9.17, 15) is 19.1 Å². The fourth-order valence-corrected chi connectivity index (χ4v) is 3.77. The van der Waals surface area contributed by atoms with E-state index in [1.165, 1.54) is 23.1 Å². The Balaban J connectivity index is 1.79. The number of ether oxygens (including phenoxy) is 1. The minimum absolute atomic E-state index is 0.0966. The number of carbonyl (C=O) groups is 2. The van der Waals surface area contributed by atoms with Crippen molar-refractivity contribution in [3.05, 3.63) is 114 Å². The average molecular weight is 444 g/mol. The molecule has 2 aromatic carbocycles. The standard InChI is InChI=1S/C26H21FN2O4/c1-2-14-33-21-8-6-18(7-9-21)24(30)22-23(19-4-3-5-20(27)15-19)29(26(32)25(22)31)16-17-10-12-28-13-11-17/h2-13,15,23,30H,1,14,16H2/b24-22-. The molecular weight excluding hydrogens is 423 g/mol. The van der Waals surface area contributed by atoms with Crippen LogP contribution in [0.3, 0.4) is 0 Å². The summed E-state index contributed by atoms with van der Waals surface area (Å²) in [5.41, 5.74) is 1.37. The Morgan fingerprint density at radius 3 is 2.52 bits per heavy atom. The molecule has 1 aromatic heterocycles. The highest BCUT2D eigenvalue weighted by Crippen LogP contribution is 2.40. The van der Waals surface area contributed by atoms with Crippen LogP contribution in [0, 0.1) is 5.82 Å². The first-order chi connectivity index (χ1) is 16.0. The van der Waals surface area contributed by atoms with Crippen LogP contribution < -0.4 is 4.74 Å². The highest BCUT2D eigenvalue weighted by atomic mass is 19.1. The molecule has 2 heterocycles. The number of nitrogens with zero attached hydrogens (tertiary/aromatic N) is 2. The summed E-state index contributed by atoms with van der Waals surface area (Å²) in [5, 5.41) is 11.1. The lowest BCUT2D eigenvalue weighted by Gasteiger charge is -2.25. The van der Waals surface area contributed by atoms with E-state index in [0.29, 0.717) is 23.5 Å². The minimum Gasteiger partial charge on any atom is -0.507 e. The number of aliphatic hydroxyl groups is 1. The van der Waals surface area contributed by atoms with E-state index < -0.39 is 23.5 Å². The van der Waals surface area contributed by atoms with Crippen molar-refractivity contribution in [3.63, 3.8) is 0 Å². The van der Waals surface area contributed by atoms with Crippen LogP contribution in [0.5, 0.6) is 5.75 Å². The lowest BCUT2D eigenvalue weighted by Crippen LogP contribution is -2.29. The molecule has 1 amide bonds. The molecule has 1 fully saturated rings. The van der Waals surface area contributed by atoms with Crippen molar-refractivity contribution in [1.29, 1.82) is 0 Å². The van der Waals surface area contributed by atoms with Crippen LogP contribution in [0.15, 0.2) is 91.3 Å². The topological polar surface area (TPSA) is 79.7 Å². The molecule has 1 atom stereocenters. The molecule has 0 bridgehead atoms. The number of amides is 1. The third-order valence-corrected chi connectivity index (χ3v) is 5.30. The van der Waals surface area contributed by atoms with Crippen LogP contribution in [0.25, 0.3) is 5.76 Å². The fraction of sp³-hybridized carbons (Fsp3) is 0.115. The quantitative estimate of drug-likeness (QED) is 0.253. The van der Waals surface area contributed by atoms with Crippen LogP contribution in [-0.4, -0.2) is 33.3 Å². The largest absolute Gasteiger partial charge is 0.507 e. The van der Waals surface area contributed by atoms with Crippen LogP contribution >= 0.6 is 0 Å². The van der Waals surface area contributed by atoms with Gasteiger partial charge in [0.25, 0.3) is 11.7 Å². The molecule has 1 unspecified atom stereocenters. The number of ketones is 1. The predicted octanol–water partition coefficient (Wildman–Crippen LogP) is 4.41. The minimum atomic E-state index is -0.953. The average Bonchev–Trinajstić information content (AvgIpc) is 3.08. The first-order valence-corrected chi connectivity index (χ1v) is 10.3. The van der Waals surface area contributed by atoms with Crippen molar-refractivity contribution < 1.29 is 23.8 Å². The molecule has 1 aliphatic rings. The zero-order valence-electron chi connectivity index (χ0n) is 17.6. The number of carbonyl (C=O) groups excluding carboxylic acids is 2. The molecule has 0 spiro atoms. The second kappa shape index (κ2) is 9.48. The first-order valence-electron chi connectivity index (χ1n) is 10.3. The van der Waals surface area contributed by atoms with Crippen molar-refractivity contribution in [2.45, 2.75) is 12.6 Å². The maximum Gasteiger partial charge on any atom is 0.295 e. The number of likely N-dealkylation sites (tertiary alicyclic amines) is 1. The zero-order valence-corrected chi connectivity index (χ0v) is 17.6. The molecule has 7 heteroatoms. The van der Waals surface area contributed by atoms with Crippen LogP contribution in [0.2, 0.25) is 0 Å². The zero-order chi connectivity index (χ0) is 23.4. The van der Waals surface area contributed by atoms with E-state index in [0.717, 1.165) is 5.56 Å². The number of benzene rings is 2. The van der Waals surface area contributed by atoms with Crippen molar-refractivity contribution in [2.24, 2.45) is 0 Å². The number of Topliss-reactive ketones (excluding diaryl/α,β-unsaturated/α-hetero) is 1. The molecule has 1 N–H and O–H groups in total. The van der Waals surface area contributed by atoms with Gasteiger partial charge in [-0.2, -0.15) is 0 Å². The number of halogens is 1. The van der Waals surface area contributed by atoms with Gasteiger partial charge in [-0.05, 0) is 59.7 Å². The molecule has 1 saturated heterocycles. The van der Waals surface area contributed by atoms with Gasteiger partial charge in [0, 0.05) is 24.5 Å². The molecular formula is C26H21FN2O4. The van der Waals surface area contributed by atoms with Crippen molar-refractivity contribution in [1.82, 2.24) is 9.88 Å². The number of hydrogen-bond acceptors (Lipinski definition) is 5. The Morgan fingerprint density at radius 1 is 1.12 bits per heavy atom. The van der Waals surface area contributed by atoms with E-state index in [4.69, 9.17) is 4.74 Å². The van der Waals surface area contributed by atoms with E-state index >= 15 is 0 Å². The molecule has 0 saturated carbocycles. The molecule has 6 nitrogen and oxygen atoms in total. The van der Waals surface area contributed by atoms with E-state index in [1.54, 1.807) is 60.9 Å². The van der Waals surface area contributed by atoms with Gasteiger partial charge in [0.15, 0.2) is 0 Å².